The first-order chi connectivity index (χ1) is 8.72. The molecule has 18 heavy (non-hydrogen) atoms. The molecule has 1 aromatic rings. The van der Waals surface area contributed by atoms with Gasteiger partial charge in [0.1, 0.15) is 0 Å². The number of nitrogens with one attached hydrogen (secondary N) is 1. The number of methoxy groups -OCH3 is 1. The summed E-state index contributed by atoms with van der Waals surface area (Å²) in [6, 6.07) is 3.49. The number of carbonyl (C=O) groups excluding carboxylic acids is 1. The number of hydrogen-bond acceptors (Lipinski definition) is 5. The highest BCUT2D eigenvalue weighted by Gasteiger charge is 2.09. The summed E-state index contributed by atoms with van der Waals surface area (Å²) in [7, 11) is 1.59. The molecule has 0 bridgehead atoms. The highest BCUT2D eigenvalue weighted by atomic mass is 16.5. The third-order valence-electron chi connectivity index (χ3n) is 2.56. The molecule has 0 radical (unpaired) electrons. The minimum Gasteiger partial charge on any atom is -0.383 e. The van der Waals surface area contributed by atoms with Crippen LogP contribution in [0.4, 0.5) is 5.82 Å². The zero-order chi connectivity index (χ0) is 13.4. The zero-order valence-corrected chi connectivity index (χ0v) is 11.1. The van der Waals surface area contributed by atoms with Gasteiger partial charge in [0, 0.05) is 26.7 Å². The van der Waals surface area contributed by atoms with Crippen molar-refractivity contribution < 1.29 is 9.53 Å². The van der Waals surface area contributed by atoms with Gasteiger partial charge in [0.05, 0.1) is 6.61 Å². The average molecular weight is 252 g/mol. The lowest BCUT2D eigenvalue weighted by molar-refractivity contribution is 0.0931. The number of carbonyl (C=O) groups is 1. The van der Waals surface area contributed by atoms with E-state index in [1.165, 1.54) is 0 Å². The number of rotatable bonds is 7. The molecule has 0 aliphatic heterocycles. The largest absolute Gasteiger partial charge is 0.383 e. The smallest absolute Gasteiger partial charge is 0.271 e. The van der Waals surface area contributed by atoms with E-state index in [2.05, 4.69) is 34.3 Å². The second-order valence-corrected chi connectivity index (χ2v) is 3.70. The van der Waals surface area contributed by atoms with E-state index in [0.29, 0.717) is 18.8 Å². The van der Waals surface area contributed by atoms with E-state index >= 15 is 0 Å². The lowest BCUT2D eigenvalue weighted by Crippen LogP contribution is -2.28. The summed E-state index contributed by atoms with van der Waals surface area (Å²) in [6.07, 6.45) is 0. The second kappa shape index (κ2) is 7.60. The Kier molecular flexibility index (Phi) is 6.07. The molecule has 0 atom stereocenters. The van der Waals surface area contributed by atoms with Crippen LogP contribution in [0.3, 0.4) is 0 Å². The molecule has 100 valence electrons. The van der Waals surface area contributed by atoms with Crippen molar-refractivity contribution in [2.45, 2.75) is 13.8 Å². The van der Waals surface area contributed by atoms with Crippen LogP contribution in [0.2, 0.25) is 0 Å². The van der Waals surface area contributed by atoms with Gasteiger partial charge in [0.25, 0.3) is 5.91 Å². The van der Waals surface area contributed by atoms with Gasteiger partial charge in [-0.3, -0.25) is 4.79 Å². The first-order valence-corrected chi connectivity index (χ1v) is 6.08. The lowest BCUT2D eigenvalue weighted by Gasteiger charge is -2.18. The number of aromatic nitrogens is 2. The molecule has 0 unspecified atom stereocenters. The van der Waals surface area contributed by atoms with Crippen molar-refractivity contribution in [3.63, 3.8) is 0 Å². The maximum atomic E-state index is 11.7. The highest BCUT2D eigenvalue weighted by molar-refractivity contribution is 5.92. The van der Waals surface area contributed by atoms with Crippen LogP contribution in [0.5, 0.6) is 0 Å². The monoisotopic (exact) mass is 252 g/mol. The minimum absolute atomic E-state index is 0.231. The molecular weight excluding hydrogens is 232 g/mol. The average Bonchev–Trinajstić information content (AvgIpc) is 2.41. The Hall–Kier alpha value is -1.69. The van der Waals surface area contributed by atoms with E-state index in [1.54, 1.807) is 13.2 Å². The Morgan fingerprint density at radius 1 is 1.33 bits per heavy atom. The third kappa shape index (κ3) is 3.96. The minimum atomic E-state index is -0.231. The van der Waals surface area contributed by atoms with E-state index in [9.17, 15) is 4.79 Å². The van der Waals surface area contributed by atoms with E-state index in [4.69, 9.17) is 4.74 Å². The molecule has 0 saturated heterocycles. The normalized spacial score (nSPS) is 10.2. The summed E-state index contributed by atoms with van der Waals surface area (Å²) in [5.41, 5.74) is 0.321. The molecule has 0 fully saturated rings. The van der Waals surface area contributed by atoms with Crippen LogP contribution in [0.25, 0.3) is 0 Å². The highest BCUT2D eigenvalue weighted by Crippen LogP contribution is 2.08. The standard InChI is InChI=1S/C12H20N4O2/c1-4-16(5-2)11-7-6-10(14-15-11)12(17)13-8-9-18-3/h6-7H,4-5,8-9H2,1-3H3,(H,13,17). The molecule has 1 aromatic heterocycles. The van der Waals surface area contributed by atoms with Crippen LogP contribution in [0, 0.1) is 0 Å². The molecular formula is C12H20N4O2. The second-order valence-electron chi connectivity index (χ2n) is 3.70. The zero-order valence-electron chi connectivity index (χ0n) is 11.1. The molecule has 1 rings (SSSR count). The first kappa shape index (κ1) is 14.4. The van der Waals surface area contributed by atoms with Gasteiger partial charge in [-0.2, -0.15) is 0 Å². The Morgan fingerprint density at radius 3 is 2.56 bits per heavy atom. The van der Waals surface area contributed by atoms with Crippen LogP contribution in [-0.4, -0.2) is 49.5 Å². The molecule has 0 aromatic carbocycles. The molecule has 6 heteroatoms. The van der Waals surface area contributed by atoms with Gasteiger partial charge in [-0.25, -0.2) is 0 Å². The Bertz CT molecular complexity index is 363. The van der Waals surface area contributed by atoms with Crippen molar-refractivity contribution in [1.82, 2.24) is 15.5 Å². The quantitative estimate of drug-likeness (QED) is 0.723. The van der Waals surface area contributed by atoms with Crippen LogP contribution in [0.15, 0.2) is 12.1 Å². The summed E-state index contributed by atoms with van der Waals surface area (Å²) in [4.78, 5) is 13.7. The fourth-order valence-corrected chi connectivity index (χ4v) is 1.52. The van der Waals surface area contributed by atoms with Gasteiger partial charge in [0.2, 0.25) is 0 Å². The van der Waals surface area contributed by atoms with Gasteiger partial charge < -0.3 is 15.0 Å². The molecule has 0 aliphatic rings. The summed E-state index contributed by atoms with van der Waals surface area (Å²) in [5, 5.41) is 10.7. The number of amides is 1. The van der Waals surface area contributed by atoms with Crippen molar-refractivity contribution in [3.05, 3.63) is 17.8 Å². The lowest BCUT2D eigenvalue weighted by atomic mass is 10.3. The Balaban J connectivity index is 2.61. The summed E-state index contributed by atoms with van der Waals surface area (Å²) in [5.74, 6) is 0.555. The number of hydrogen-bond donors (Lipinski definition) is 1. The molecule has 1 heterocycles. The summed E-state index contributed by atoms with van der Waals surface area (Å²) >= 11 is 0. The topological polar surface area (TPSA) is 67.4 Å². The SMILES string of the molecule is CCN(CC)c1ccc(C(=O)NCCOC)nn1. The van der Waals surface area contributed by atoms with Gasteiger partial charge in [-0.15, -0.1) is 10.2 Å². The van der Waals surface area contributed by atoms with Gasteiger partial charge >= 0.3 is 0 Å². The van der Waals surface area contributed by atoms with Crippen molar-refractivity contribution in [2.24, 2.45) is 0 Å². The van der Waals surface area contributed by atoms with Crippen LogP contribution < -0.4 is 10.2 Å². The van der Waals surface area contributed by atoms with Gasteiger partial charge in [-0.05, 0) is 26.0 Å². The third-order valence-corrected chi connectivity index (χ3v) is 2.56. The van der Waals surface area contributed by atoms with Crippen molar-refractivity contribution in [3.8, 4) is 0 Å². The van der Waals surface area contributed by atoms with Crippen molar-refractivity contribution >= 4 is 11.7 Å². The van der Waals surface area contributed by atoms with E-state index in [-0.39, 0.29) is 5.91 Å². The van der Waals surface area contributed by atoms with Gasteiger partial charge in [-0.1, -0.05) is 0 Å². The van der Waals surface area contributed by atoms with Crippen LogP contribution in [0.1, 0.15) is 24.3 Å². The van der Waals surface area contributed by atoms with Crippen molar-refractivity contribution in [1.29, 1.82) is 0 Å². The molecule has 1 amide bonds. The fourth-order valence-electron chi connectivity index (χ4n) is 1.52. The number of nitrogens with zero attached hydrogens (tertiary/aromatic N) is 3. The predicted octanol–water partition coefficient (Wildman–Crippen LogP) is 0.699. The molecule has 0 spiro atoms. The summed E-state index contributed by atoms with van der Waals surface area (Å²) < 4.78 is 4.85. The Morgan fingerprint density at radius 2 is 2.06 bits per heavy atom. The maximum absolute atomic E-state index is 11.7. The van der Waals surface area contributed by atoms with E-state index in [1.807, 2.05) is 6.07 Å². The fraction of sp³-hybridized carbons (Fsp3) is 0.583. The first-order valence-electron chi connectivity index (χ1n) is 6.08. The van der Waals surface area contributed by atoms with E-state index in [0.717, 1.165) is 18.9 Å². The predicted molar refractivity (Wildman–Crippen MR) is 69.8 cm³/mol. The Labute approximate surface area is 107 Å². The number of ether oxygens (including phenoxy) is 1. The number of anilines is 1. The van der Waals surface area contributed by atoms with Gasteiger partial charge in [0.15, 0.2) is 11.5 Å². The molecule has 0 aliphatic carbocycles. The molecule has 0 saturated carbocycles. The maximum Gasteiger partial charge on any atom is 0.271 e. The van der Waals surface area contributed by atoms with Crippen LogP contribution in [-0.2, 0) is 4.74 Å². The van der Waals surface area contributed by atoms with Crippen molar-refractivity contribution in [2.75, 3.05) is 38.3 Å². The van der Waals surface area contributed by atoms with E-state index < -0.39 is 0 Å². The molecule has 6 nitrogen and oxygen atoms in total. The summed E-state index contributed by atoms with van der Waals surface area (Å²) in [6.45, 7) is 6.79. The van der Waals surface area contributed by atoms with Crippen LogP contribution >= 0.6 is 0 Å². The molecule has 1 N–H and O–H groups in total.